The fourth-order valence-corrected chi connectivity index (χ4v) is 3.52. The van der Waals surface area contributed by atoms with Crippen molar-refractivity contribution in [3.8, 4) is 11.3 Å². The van der Waals surface area contributed by atoms with Crippen LogP contribution < -0.4 is 16.2 Å². The van der Waals surface area contributed by atoms with Crippen LogP contribution in [0.15, 0.2) is 23.0 Å². The minimum absolute atomic E-state index is 0.150. The van der Waals surface area contributed by atoms with Crippen molar-refractivity contribution in [1.29, 1.82) is 0 Å². The molecule has 26 heavy (non-hydrogen) atoms. The van der Waals surface area contributed by atoms with Gasteiger partial charge in [-0.3, -0.25) is 14.9 Å². The predicted molar refractivity (Wildman–Crippen MR) is 103 cm³/mol. The van der Waals surface area contributed by atoms with Crippen molar-refractivity contribution in [2.45, 2.75) is 39.2 Å². The molecule has 1 aliphatic rings. The molecule has 3 aromatic rings. The summed E-state index contributed by atoms with van der Waals surface area (Å²) in [5.74, 6) is 0.567. The Kier molecular flexibility index (Phi) is 3.84. The average molecular weight is 352 g/mol. The minimum Gasteiger partial charge on any atom is -0.342 e. The van der Waals surface area contributed by atoms with E-state index in [-0.39, 0.29) is 11.1 Å². The number of piperidine rings is 1. The number of anilines is 1. The van der Waals surface area contributed by atoms with Gasteiger partial charge >= 0.3 is 0 Å². The van der Waals surface area contributed by atoms with Crippen LogP contribution in [0.4, 0.5) is 5.95 Å². The maximum Gasteiger partial charge on any atom is 0.264 e. The molecule has 0 aliphatic carbocycles. The number of aryl methyl sites for hydroxylation is 1. The van der Waals surface area contributed by atoms with Gasteiger partial charge in [0, 0.05) is 24.2 Å². The highest BCUT2D eigenvalue weighted by atomic mass is 16.1. The Morgan fingerprint density at radius 2 is 1.96 bits per heavy atom. The van der Waals surface area contributed by atoms with Gasteiger partial charge in [0.25, 0.3) is 5.56 Å². The van der Waals surface area contributed by atoms with Crippen LogP contribution in [0, 0.1) is 13.8 Å². The number of aromatic nitrogens is 4. The van der Waals surface area contributed by atoms with Crippen molar-refractivity contribution in [2.75, 3.05) is 18.0 Å². The van der Waals surface area contributed by atoms with Crippen molar-refractivity contribution in [1.82, 2.24) is 20.2 Å². The summed E-state index contributed by atoms with van der Waals surface area (Å²) in [6, 6.07) is 6.03. The number of hydrogen-bond donors (Lipinski definition) is 3. The summed E-state index contributed by atoms with van der Waals surface area (Å²) >= 11 is 0. The van der Waals surface area contributed by atoms with Gasteiger partial charge in [-0.05, 0) is 44.7 Å². The van der Waals surface area contributed by atoms with E-state index in [1.54, 1.807) is 0 Å². The lowest BCUT2D eigenvalue weighted by atomic mass is 9.91. The van der Waals surface area contributed by atoms with E-state index in [1.807, 2.05) is 19.1 Å². The summed E-state index contributed by atoms with van der Waals surface area (Å²) in [6.45, 7) is 7.71. The first-order valence-corrected chi connectivity index (χ1v) is 8.94. The van der Waals surface area contributed by atoms with Crippen LogP contribution in [0.2, 0.25) is 0 Å². The summed E-state index contributed by atoms with van der Waals surface area (Å²) in [5, 5.41) is 7.82. The van der Waals surface area contributed by atoms with Crippen LogP contribution in [0.3, 0.4) is 0 Å². The number of aromatic amines is 2. The lowest BCUT2D eigenvalue weighted by Gasteiger charge is -2.36. The molecular weight excluding hydrogens is 328 g/mol. The third-order valence-electron chi connectivity index (χ3n) is 5.49. The molecule has 4 N–H and O–H groups in total. The zero-order chi connectivity index (χ0) is 18.5. The fraction of sp³-hybridized carbons (Fsp3) is 0.421. The Labute approximate surface area is 151 Å². The van der Waals surface area contributed by atoms with E-state index in [0.29, 0.717) is 17.0 Å². The molecule has 3 heterocycles. The van der Waals surface area contributed by atoms with Crippen LogP contribution >= 0.6 is 0 Å². The molecule has 136 valence electrons. The average Bonchev–Trinajstić information content (AvgIpc) is 3.01. The van der Waals surface area contributed by atoms with Crippen molar-refractivity contribution in [3.63, 3.8) is 0 Å². The molecule has 1 fully saturated rings. The van der Waals surface area contributed by atoms with E-state index in [2.05, 4.69) is 45.0 Å². The van der Waals surface area contributed by atoms with Gasteiger partial charge < -0.3 is 10.6 Å². The van der Waals surface area contributed by atoms with Crippen LogP contribution in [0.25, 0.3) is 22.3 Å². The van der Waals surface area contributed by atoms with Crippen LogP contribution in [0.1, 0.15) is 30.9 Å². The summed E-state index contributed by atoms with van der Waals surface area (Å²) in [7, 11) is 0. The molecule has 0 amide bonds. The molecule has 0 spiro atoms. The predicted octanol–water partition coefficient (Wildman–Crippen LogP) is 2.25. The fourth-order valence-electron chi connectivity index (χ4n) is 3.52. The molecule has 2 aromatic heterocycles. The smallest absolute Gasteiger partial charge is 0.264 e. The van der Waals surface area contributed by atoms with E-state index in [1.165, 1.54) is 5.56 Å². The normalized spacial score (nSPS) is 17.0. The largest absolute Gasteiger partial charge is 0.342 e. The first kappa shape index (κ1) is 16.8. The van der Waals surface area contributed by atoms with Crippen molar-refractivity contribution >= 4 is 17.0 Å². The lowest BCUT2D eigenvalue weighted by molar-refractivity contribution is 0.362. The summed E-state index contributed by atoms with van der Waals surface area (Å²) < 4.78 is 0. The monoisotopic (exact) mass is 352 g/mol. The van der Waals surface area contributed by atoms with Gasteiger partial charge in [-0.15, -0.1) is 0 Å². The van der Waals surface area contributed by atoms with Crippen LogP contribution in [-0.4, -0.2) is 38.8 Å². The molecule has 0 saturated carbocycles. The number of hydrogen-bond acceptors (Lipinski definition) is 5. The van der Waals surface area contributed by atoms with E-state index in [0.717, 1.165) is 42.8 Å². The number of H-pyrrole nitrogens is 2. The molecular formula is C19H24N6O. The molecule has 7 nitrogen and oxygen atoms in total. The van der Waals surface area contributed by atoms with Gasteiger partial charge in [0.05, 0.1) is 5.69 Å². The molecule has 1 saturated heterocycles. The number of benzene rings is 1. The molecule has 7 heteroatoms. The second-order valence-electron chi connectivity index (χ2n) is 7.58. The SMILES string of the molecule is Cc1cccc(-c2[nH]nc3nc(N4CCC(C)(N)CC4)[nH]c(=O)c23)c1C. The van der Waals surface area contributed by atoms with Crippen LogP contribution in [-0.2, 0) is 0 Å². The quantitative estimate of drug-likeness (QED) is 0.656. The zero-order valence-corrected chi connectivity index (χ0v) is 15.4. The zero-order valence-electron chi connectivity index (χ0n) is 15.4. The third-order valence-corrected chi connectivity index (χ3v) is 5.49. The molecule has 4 rings (SSSR count). The molecule has 1 aromatic carbocycles. The van der Waals surface area contributed by atoms with Gasteiger partial charge in [-0.25, -0.2) is 0 Å². The molecule has 0 unspecified atom stereocenters. The highest BCUT2D eigenvalue weighted by Crippen LogP contribution is 2.28. The first-order chi connectivity index (χ1) is 12.4. The maximum absolute atomic E-state index is 12.8. The summed E-state index contributed by atoms with van der Waals surface area (Å²) in [5.41, 5.74) is 10.3. The van der Waals surface area contributed by atoms with Crippen molar-refractivity contribution in [2.24, 2.45) is 5.73 Å². The third kappa shape index (κ3) is 2.78. The van der Waals surface area contributed by atoms with E-state index < -0.39 is 0 Å². The molecule has 0 bridgehead atoms. The topological polar surface area (TPSA) is 104 Å². The Morgan fingerprint density at radius 1 is 1.23 bits per heavy atom. The second-order valence-corrected chi connectivity index (χ2v) is 7.58. The number of rotatable bonds is 2. The van der Waals surface area contributed by atoms with E-state index in [4.69, 9.17) is 5.73 Å². The standard InChI is InChI=1S/C19H24N6O/c1-11-5-4-6-13(12(11)2)15-14-16(24-23-15)21-18(22-17(14)26)25-9-7-19(3,20)8-10-25/h4-6H,7-10,20H2,1-3H3,(H2,21,22,23,24,26). The highest BCUT2D eigenvalue weighted by Gasteiger charge is 2.27. The molecule has 0 atom stereocenters. The Balaban J connectivity index is 1.77. The van der Waals surface area contributed by atoms with Gasteiger partial charge in [0.2, 0.25) is 5.95 Å². The maximum atomic E-state index is 12.8. The number of nitrogens with one attached hydrogen (secondary N) is 2. The van der Waals surface area contributed by atoms with Crippen LogP contribution in [0.5, 0.6) is 0 Å². The Hall–Kier alpha value is -2.67. The molecule has 0 radical (unpaired) electrons. The minimum atomic E-state index is -0.171. The highest BCUT2D eigenvalue weighted by molar-refractivity contribution is 5.91. The lowest BCUT2D eigenvalue weighted by Crippen LogP contribution is -2.48. The van der Waals surface area contributed by atoms with Gasteiger partial charge in [-0.1, -0.05) is 18.2 Å². The first-order valence-electron chi connectivity index (χ1n) is 8.94. The van der Waals surface area contributed by atoms with E-state index in [9.17, 15) is 4.79 Å². The Morgan fingerprint density at radius 3 is 2.69 bits per heavy atom. The van der Waals surface area contributed by atoms with Gasteiger partial charge in [0.1, 0.15) is 5.39 Å². The number of nitrogens with zero attached hydrogens (tertiary/aromatic N) is 3. The molecule has 1 aliphatic heterocycles. The second kappa shape index (κ2) is 5.95. The summed E-state index contributed by atoms with van der Waals surface area (Å²) in [4.78, 5) is 22.4. The van der Waals surface area contributed by atoms with Crippen molar-refractivity contribution in [3.05, 3.63) is 39.7 Å². The van der Waals surface area contributed by atoms with Gasteiger partial charge in [0.15, 0.2) is 5.65 Å². The van der Waals surface area contributed by atoms with E-state index >= 15 is 0 Å². The van der Waals surface area contributed by atoms with Gasteiger partial charge in [-0.2, -0.15) is 10.1 Å². The van der Waals surface area contributed by atoms with Crippen molar-refractivity contribution < 1.29 is 0 Å². The number of nitrogens with two attached hydrogens (primary N) is 1. The summed E-state index contributed by atoms with van der Waals surface area (Å²) in [6.07, 6.45) is 1.73. The Bertz CT molecular complexity index is 1020. The number of fused-ring (bicyclic) bond motifs is 1.